The van der Waals surface area contributed by atoms with Gasteiger partial charge in [-0.05, 0) is 37.8 Å². The number of nitrogens with zero attached hydrogens (tertiary/aromatic N) is 1. The molecule has 2 nitrogen and oxygen atoms in total. The van der Waals surface area contributed by atoms with Gasteiger partial charge in [0.2, 0.25) is 0 Å². The number of halogens is 3. The summed E-state index contributed by atoms with van der Waals surface area (Å²) in [7, 11) is 0. The summed E-state index contributed by atoms with van der Waals surface area (Å²) < 4.78 is 26.4. The van der Waals surface area contributed by atoms with Crippen LogP contribution in [-0.2, 0) is 0 Å². The SMILES string of the molecule is O=C(c1cc(F)cc(F)c1)N1C2CCC1CC(Br)C2. The predicted octanol–water partition coefficient (Wildman–Crippen LogP) is 3.50. The van der Waals surface area contributed by atoms with Crippen molar-refractivity contribution in [3.8, 4) is 0 Å². The maximum atomic E-state index is 13.2. The van der Waals surface area contributed by atoms with Gasteiger partial charge in [0.1, 0.15) is 11.6 Å². The molecule has 0 N–H and O–H groups in total. The van der Waals surface area contributed by atoms with E-state index in [9.17, 15) is 13.6 Å². The highest BCUT2D eigenvalue weighted by molar-refractivity contribution is 9.09. The first kappa shape index (κ1) is 13.0. The molecule has 102 valence electrons. The summed E-state index contributed by atoms with van der Waals surface area (Å²) in [5, 5.41) is 0. The second-order valence-corrected chi connectivity index (χ2v) is 6.62. The molecule has 2 bridgehead atoms. The lowest BCUT2D eigenvalue weighted by molar-refractivity contribution is 0.0602. The van der Waals surface area contributed by atoms with Crippen LogP contribution in [0.5, 0.6) is 0 Å². The molecule has 1 aromatic rings. The smallest absolute Gasteiger partial charge is 0.254 e. The van der Waals surface area contributed by atoms with E-state index in [0.29, 0.717) is 4.83 Å². The zero-order valence-electron chi connectivity index (χ0n) is 10.3. The van der Waals surface area contributed by atoms with Gasteiger partial charge in [0, 0.05) is 28.5 Å². The van der Waals surface area contributed by atoms with Gasteiger partial charge in [-0.3, -0.25) is 4.79 Å². The molecule has 0 saturated carbocycles. The Morgan fingerprint density at radius 2 is 1.63 bits per heavy atom. The van der Waals surface area contributed by atoms with E-state index in [2.05, 4.69) is 15.9 Å². The molecule has 1 amide bonds. The van der Waals surface area contributed by atoms with E-state index in [1.807, 2.05) is 4.90 Å². The molecule has 3 rings (SSSR count). The number of amides is 1. The Morgan fingerprint density at radius 1 is 1.11 bits per heavy atom. The minimum absolute atomic E-state index is 0.113. The number of hydrogen-bond donors (Lipinski definition) is 0. The third kappa shape index (κ3) is 2.40. The van der Waals surface area contributed by atoms with Crippen LogP contribution in [0.4, 0.5) is 8.78 Å². The Balaban J connectivity index is 1.88. The molecule has 19 heavy (non-hydrogen) atoms. The van der Waals surface area contributed by atoms with E-state index in [4.69, 9.17) is 0 Å². The number of hydrogen-bond acceptors (Lipinski definition) is 1. The first-order chi connectivity index (χ1) is 9.04. The molecule has 0 spiro atoms. The predicted molar refractivity (Wildman–Crippen MR) is 71.3 cm³/mol. The van der Waals surface area contributed by atoms with Gasteiger partial charge in [-0.15, -0.1) is 0 Å². The van der Waals surface area contributed by atoms with Gasteiger partial charge in [0.25, 0.3) is 5.91 Å². The summed E-state index contributed by atoms with van der Waals surface area (Å²) in [5.74, 6) is -1.65. The van der Waals surface area contributed by atoms with Crippen molar-refractivity contribution in [1.82, 2.24) is 4.90 Å². The number of fused-ring (bicyclic) bond motifs is 2. The molecular weight excluding hydrogens is 316 g/mol. The summed E-state index contributed by atoms with van der Waals surface area (Å²) in [6.07, 6.45) is 3.80. The Hall–Kier alpha value is -0.970. The van der Waals surface area contributed by atoms with Crippen molar-refractivity contribution in [2.45, 2.75) is 42.6 Å². The molecular formula is C14H14BrF2NO. The van der Waals surface area contributed by atoms with E-state index in [0.717, 1.165) is 43.9 Å². The van der Waals surface area contributed by atoms with E-state index in [1.165, 1.54) is 0 Å². The lowest BCUT2D eigenvalue weighted by Crippen LogP contribution is -2.46. The van der Waals surface area contributed by atoms with E-state index < -0.39 is 11.6 Å². The summed E-state index contributed by atoms with van der Waals surface area (Å²) in [5.41, 5.74) is 0.113. The highest BCUT2D eigenvalue weighted by Gasteiger charge is 2.42. The normalized spacial score (nSPS) is 29.6. The maximum absolute atomic E-state index is 13.2. The standard InChI is InChI=1S/C14H14BrF2NO/c15-9-5-12-1-2-13(6-9)18(12)14(19)8-3-10(16)7-11(17)4-8/h3-4,7,9,12-13H,1-2,5-6H2. The monoisotopic (exact) mass is 329 g/mol. The Kier molecular flexibility index (Phi) is 3.33. The second-order valence-electron chi connectivity index (χ2n) is 5.32. The largest absolute Gasteiger partial charge is 0.333 e. The molecule has 2 aliphatic heterocycles. The van der Waals surface area contributed by atoms with Gasteiger partial charge in [0.05, 0.1) is 0 Å². The van der Waals surface area contributed by atoms with Crippen molar-refractivity contribution in [3.63, 3.8) is 0 Å². The number of carbonyl (C=O) groups excluding carboxylic acids is 1. The van der Waals surface area contributed by atoms with Crippen molar-refractivity contribution in [2.75, 3.05) is 0 Å². The number of carbonyl (C=O) groups is 1. The molecule has 0 radical (unpaired) electrons. The fourth-order valence-electron chi connectivity index (χ4n) is 3.27. The Bertz CT molecular complexity index is 488. The minimum Gasteiger partial charge on any atom is -0.333 e. The topological polar surface area (TPSA) is 20.3 Å². The molecule has 0 aromatic heterocycles. The van der Waals surface area contributed by atoms with Crippen LogP contribution in [0, 0.1) is 11.6 Å². The first-order valence-electron chi connectivity index (χ1n) is 6.47. The van der Waals surface area contributed by atoms with Crippen LogP contribution in [0.25, 0.3) is 0 Å². The van der Waals surface area contributed by atoms with Gasteiger partial charge in [-0.1, -0.05) is 15.9 Å². The van der Waals surface area contributed by atoms with Gasteiger partial charge in [0.15, 0.2) is 0 Å². The Morgan fingerprint density at radius 3 is 2.16 bits per heavy atom. The zero-order valence-corrected chi connectivity index (χ0v) is 11.9. The lowest BCUT2D eigenvalue weighted by atomic mass is 10.0. The molecule has 1 aromatic carbocycles. The molecule has 2 unspecified atom stereocenters. The molecule has 5 heteroatoms. The average Bonchev–Trinajstić information content (AvgIpc) is 2.59. The molecule has 2 atom stereocenters. The molecule has 2 fully saturated rings. The number of benzene rings is 1. The molecule has 2 saturated heterocycles. The van der Waals surface area contributed by atoms with Crippen molar-refractivity contribution in [1.29, 1.82) is 0 Å². The maximum Gasteiger partial charge on any atom is 0.254 e. The average molecular weight is 330 g/mol. The summed E-state index contributed by atoms with van der Waals surface area (Å²) in [4.78, 5) is 14.7. The van der Waals surface area contributed by atoms with Gasteiger partial charge >= 0.3 is 0 Å². The van der Waals surface area contributed by atoms with Crippen LogP contribution >= 0.6 is 15.9 Å². The van der Waals surface area contributed by atoms with Gasteiger partial charge in [-0.25, -0.2) is 8.78 Å². The van der Waals surface area contributed by atoms with E-state index >= 15 is 0 Å². The van der Waals surface area contributed by atoms with Crippen molar-refractivity contribution >= 4 is 21.8 Å². The van der Waals surface area contributed by atoms with Crippen LogP contribution in [-0.4, -0.2) is 27.7 Å². The molecule has 0 aliphatic carbocycles. The quantitative estimate of drug-likeness (QED) is 0.722. The zero-order chi connectivity index (χ0) is 13.6. The number of alkyl halides is 1. The highest BCUT2D eigenvalue weighted by Crippen LogP contribution is 2.39. The van der Waals surface area contributed by atoms with Crippen LogP contribution < -0.4 is 0 Å². The Labute approximate surface area is 118 Å². The van der Waals surface area contributed by atoms with Crippen molar-refractivity contribution < 1.29 is 13.6 Å². The molecule has 2 heterocycles. The highest BCUT2D eigenvalue weighted by atomic mass is 79.9. The minimum atomic E-state index is -0.703. The van der Waals surface area contributed by atoms with E-state index in [-0.39, 0.29) is 23.6 Å². The second kappa shape index (κ2) is 4.85. The number of piperidine rings is 1. The van der Waals surface area contributed by atoms with E-state index in [1.54, 1.807) is 0 Å². The van der Waals surface area contributed by atoms with Crippen molar-refractivity contribution in [3.05, 3.63) is 35.4 Å². The van der Waals surface area contributed by atoms with Crippen LogP contribution in [0.15, 0.2) is 18.2 Å². The summed E-state index contributed by atoms with van der Waals surface area (Å²) in [6, 6.07) is 3.41. The third-order valence-electron chi connectivity index (χ3n) is 4.02. The first-order valence-corrected chi connectivity index (χ1v) is 7.39. The third-order valence-corrected chi connectivity index (χ3v) is 4.77. The fraction of sp³-hybridized carbons (Fsp3) is 0.500. The van der Waals surface area contributed by atoms with Gasteiger partial charge in [-0.2, -0.15) is 0 Å². The summed E-state index contributed by atoms with van der Waals surface area (Å²) in [6.45, 7) is 0. The van der Waals surface area contributed by atoms with Crippen LogP contribution in [0.1, 0.15) is 36.0 Å². The summed E-state index contributed by atoms with van der Waals surface area (Å²) >= 11 is 3.61. The fourth-order valence-corrected chi connectivity index (χ4v) is 4.13. The lowest BCUT2D eigenvalue weighted by Gasteiger charge is -2.37. The molecule has 2 aliphatic rings. The van der Waals surface area contributed by atoms with Crippen molar-refractivity contribution in [2.24, 2.45) is 0 Å². The van der Waals surface area contributed by atoms with Crippen LogP contribution in [0.3, 0.4) is 0 Å². The van der Waals surface area contributed by atoms with Crippen LogP contribution in [0.2, 0.25) is 0 Å². The number of rotatable bonds is 1. The van der Waals surface area contributed by atoms with Gasteiger partial charge < -0.3 is 4.90 Å².